The molecule has 0 atom stereocenters. The van der Waals surface area contributed by atoms with Crippen molar-refractivity contribution < 1.29 is 18.1 Å². The quantitative estimate of drug-likeness (QED) is 0.565. The summed E-state index contributed by atoms with van der Waals surface area (Å²) in [6, 6.07) is 2.24. The zero-order valence-corrected chi connectivity index (χ0v) is 8.22. The maximum absolute atomic E-state index is 12.3. The van der Waals surface area contributed by atoms with Gasteiger partial charge in [-0.15, -0.1) is 0 Å². The van der Waals surface area contributed by atoms with E-state index in [0.717, 1.165) is 0 Å². The summed E-state index contributed by atoms with van der Waals surface area (Å²) in [6.07, 6.45) is -4.73. The molecule has 1 aromatic carbocycles. The third-order valence-corrected chi connectivity index (χ3v) is 2.04. The van der Waals surface area contributed by atoms with Gasteiger partial charge in [-0.25, -0.2) is 0 Å². The Balaban J connectivity index is 3.54. The van der Waals surface area contributed by atoms with Crippen molar-refractivity contribution in [3.05, 3.63) is 33.4 Å². The Labute approximate surface area is 92.9 Å². The molecule has 0 amide bonds. The number of halogens is 3. The average Bonchev–Trinajstić information content (AvgIpc) is 2.14. The van der Waals surface area contributed by atoms with Crippen LogP contribution in [0.25, 0.3) is 0 Å². The lowest BCUT2D eigenvalue weighted by atomic mass is 10.1. The molecule has 0 saturated heterocycles. The van der Waals surface area contributed by atoms with E-state index in [1.54, 1.807) is 0 Å². The minimum absolute atomic E-state index is 0.300. The first-order chi connectivity index (χ1) is 7.27. The topological polar surface area (TPSA) is 66.9 Å². The molecule has 4 nitrogen and oxygen atoms in total. The van der Waals surface area contributed by atoms with Crippen LogP contribution in [0.3, 0.4) is 0 Å². The predicted octanol–water partition coefficient (Wildman–Crippen LogP) is 3.04. The minimum atomic E-state index is -4.73. The van der Waals surface area contributed by atoms with Gasteiger partial charge >= 0.3 is 6.18 Å². The SMILES string of the molecule is N#Cc1c([S])cc(C(F)(F)F)cc1[N+](=O)[O-]. The van der Waals surface area contributed by atoms with E-state index in [2.05, 4.69) is 12.6 Å². The van der Waals surface area contributed by atoms with Crippen molar-refractivity contribution in [2.45, 2.75) is 11.1 Å². The Hall–Kier alpha value is -1.88. The highest BCUT2D eigenvalue weighted by atomic mass is 32.1. The second kappa shape index (κ2) is 3.94. The van der Waals surface area contributed by atoms with E-state index in [9.17, 15) is 23.3 Å². The Bertz CT molecular complexity index is 493. The van der Waals surface area contributed by atoms with Crippen LogP contribution >= 0.6 is 12.6 Å². The Morgan fingerprint density at radius 1 is 1.44 bits per heavy atom. The van der Waals surface area contributed by atoms with Crippen LogP contribution in [0.1, 0.15) is 11.1 Å². The first kappa shape index (κ1) is 12.2. The van der Waals surface area contributed by atoms with Crippen molar-refractivity contribution in [2.75, 3.05) is 0 Å². The summed E-state index contributed by atoms with van der Waals surface area (Å²) in [5.41, 5.74) is -2.70. The minimum Gasteiger partial charge on any atom is -0.258 e. The summed E-state index contributed by atoms with van der Waals surface area (Å²) < 4.78 is 36.9. The van der Waals surface area contributed by atoms with E-state index in [-0.39, 0.29) is 0 Å². The van der Waals surface area contributed by atoms with Crippen LogP contribution in [0, 0.1) is 21.4 Å². The second-order valence-electron chi connectivity index (χ2n) is 2.74. The fraction of sp³-hybridized carbons (Fsp3) is 0.125. The van der Waals surface area contributed by atoms with Crippen LogP contribution in [-0.4, -0.2) is 4.92 Å². The van der Waals surface area contributed by atoms with E-state index < -0.39 is 32.8 Å². The van der Waals surface area contributed by atoms with Crippen LogP contribution in [-0.2, 0) is 6.18 Å². The summed E-state index contributed by atoms with van der Waals surface area (Å²) >= 11 is 4.49. The van der Waals surface area contributed by atoms with Crippen molar-refractivity contribution in [2.24, 2.45) is 0 Å². The summed E-state index contributed by atoms with van der Waals surface area (Å²) in [6.45, 7) is 0. The summed E-state index contributed by atoms with van der Waals surface area (Å²) in [5, 5.41) is 19.0. The van der Waals surface area contributed by atoms with Crippen molar-refractivity contribution in [3.63, 3.8) is 0 Å². The monoisotopic (exact) mass is 247 g/mol. The molecule has 1 aromatic rings. The van der Waals surface area contributed by atoms with E-state index in [1.807, 2.05) is 0 Å². The van der Waals surface area contributed by atoms with Gasteiger partial charge in [0, 0.05) is 6.07 Å². The molecular weight excluding hydrogens is 245 g/mol. The van der Waals surface area contributed by atoms with Gasteiger partial charge < -0.3 is 0 Å². The standard InChI is InChI=1S/C8H2F3N2O2S/c9-8(10,11)4-1-6(13(14)15)5(3-12)7(16)2-4/h1-2H. The largest absolute Gasteiger partial charge is 0.416 e. The summed E-state index contributed by atoms with van der Waals surface area (Å²) in [5.74, 6) is 0. The lowest BCUT2D eigenvalue weighted by Crippen LogP contribution is -2.07. The molecule has 16 heavy (non-hydrogen) atoms. The molecule has 0 aromatic heterocycles. The van der Waals surface area contributed by atoms with Crippen molar-refractivity contribution in [1.82, 2.24) is 0 Å². The first-order valence-electron chi connectivity index (χ1n) is 3.74. The molecule has 83 valence electrons. The van der Waals surface area contributed by atoms with E-state index in [1.165, 1.54) is 6.07 Å². The van der Waals surface area contributed by atoms with Crippen molar-refractivity contribution in [3.8, 4) is 6.07 Å². The van der Waals surface area contributed by atoms with Crippen molar-refractivity contribution >= 4 is 18.3 Å². The molecule has 1 radical (unpaired) electrons. The fourth-order valence-corrected chi connectivity index (χ4v) is 1.30. The molecule has 0 fully saturated rings. The van der Waals surface area contributed by atoms with Crippen LogP contribution in [0.15, 0.2) is 17.0 Å². The molecule has 0 aliphatic carbocycles. The summed E-state index contributed by atoms with van der Waals surface area (Å²) in [4.78, 5) is 8.90. The number of nitro benzene ring substituents is 1. The van der Waals surface area contributed by atoms with Gasteiger partial charge in [-0.3, -0.25) is 10.1 Å². The Morgan fingerprint density at radius 2 is 2.00 bits per heavy atom. The lowest BCUT2D eigenvalue weighted by molar-refractivity contribution is -0.385. The molecule has 0 N–H and O–H groups in total. The number of benzene rings is 1. The highest BCUT2D eigenvalue weighted by Crippen LogP contribution is 2.35. The summed E-state index contributed by atoms with van der Waals surface area (Å²) in [7, 11) is 0. The molecule has 0 spiro atoms. The normalized spacial score (nSPS) is 10.9. The number of nitriles is 1. The number of rotatable bonds is 1. The molecule has 0 heterocycles. The molecular formula is C8H2F3N2O2S. The highest BCUT2D eigenvalue weighted by Gasteiger charge is 2.34. The maximum Gasteiger partial charge on any atom is 0.416 e. The Kier molecular flexibility index (Phi) is 3.00. The molecule has 1 rings (SSSR count). The second-order valence-corrected chi connectivity index (χ2v) is 3.18. The smallest absolute Gasteiger partial charge is 0.258 e. The molecule has 8 heteroatoms. The van der Waals surface area contributed by atoms with Crippen LogP contribution in [0.4, 0.5) is 18.9 Å². The van der Waals surface area contributed by atoms with Gasteiger partial charge in [-0.2, -0.15) is 18.4 Å². The van der Waals surface area contributed by atoms with Gasteiger partial charge in [0.25, 0.3) is 5.69 Å². The molecule has 0 unspecified atom stereocenters. The van der Waals surface area contributed by atoms with Gasteiger partial charge in [-0.1, -0.05) is 12.6 Å². The number of nitrogens with zero attached hydrogens (tertiary/aromatic N) is 2. The molecule has 0 aliphatic heterocycles. The van der Waals surface area contributed by atoms with Gasteiger partial charge in [0.2, 0.25) is 0 Å². The van der Waals surface area contributed by atoms with Crippen molar-refractivity contribution in [1.29, 1.82) is 5.26 Å². The van der Waals surface area contributed by atoms with Crippen LogP contribution < -0.4 is 0 Å². The lowest BCUT2D eigenvalue weighted by Gasteiger charge is -2.07. The fourth-order valence-electron chi connectivity index (χ4n) is 1.02. The highest BCUT2D eigenvalue weighted by molar-refractivity contribution is 7.80. The zero-order chi connectivity index (χ0) is 12.5. The third kappa shape index (κ3) is 2.20. The van der Waals surface area contributed by atoms with Gasteiger partial charge in [0.15, 0.2) is 0 Å². The van der Waals surface area contributed by atoms with Gasteiger partial charge in [-0.05, 0) is 6.07 Å². The maximum atomic E-state index is 12.3. The number of alkyl halides is 3. The molecule has 0 bridgehead atoms. The van der Waals surface area contributed by atoms with E-state index >= 15 is 0 Å². The Morgan fingerprint density at radius 3 is 2.38 bits per heavy atom. The third-order valence-electron chi connectivity index (χ3n) is 1.72. The van der Waals surface area contributed by atoms with Crippen LogP contribution in [0.2, 0.25) is 0 Å². The molecule has 0 aliphatic rings. The van der Waals surface area contributed by atoms with Gasteiger partial charge in [0.1, 0.15) is 11.6 Å². The van der Waals surface area contributed by atoms with Crippen LogP contribution in [0.5, 0.6) is 0 Å². The number of nitro groups is 1. The van der Waals surface area contributed by atoms with E-state index in [0.29, 0.717) is 12.1 Å². The zero-order valence-electron chi connectivity index (χ0n) is 7.41. The van der Waals surface area contributed by atoms with E-state index in [4.69, 9.17) is 5.26 Å². The predicted molar refractivity (Wildman–Crippen MR) is 48.7 cm³/mol. The average molecular weight is 247 g/mol. The number of hydrogen-bond donors (Lipinski definition) is 0. The number of hydrogen-bond acceptors (Lipinski definition) is 3. The first-order valence-corrected chi connectivity index (χ1v) is 4.15. The molecule has 0 saturated carbocycles. The van der Waals surface area contributed by atoms with Gasteiger partial charge in [0.05, 0.1) is 15.4 Å².